The van der Waals surface area contributed by atoms with Gasteiger partial charge in [0.05, 0.1) is 6.04 Å². The number of carboxylic acid groups (broad SMARTS) is 2. The first-order valence-corrected chi connectivity index (χ1v) is 9.58. The summed E-state index contributed by atoms with van der Waals surface area (Å²) in [6.45, 7) is 3.64. The number of aliphatic carboxylic acids is 2. The van der Waals surface area contributed by atoms with Crippen LogP contribution < -0.4 is 16.4 Å². The summed E-state index contributed by atoms with van der Waals surface area (Å²) in [6.07, 6.45) is -0.185. The van der Waals surface area contributed by atoms with E-state index in [4.69, 9.17) is 10.8 Å². The van der Waals surface area contributed by atoms with Gasteiger partial charge in [-0.2, -0.15) is 0 Å². The molecule has 0 aliphatic heterocycles. The number of hydrogen-bond acceptors (Lipinski definition) is 6. The van der Waals surface area contributed by atoms with E-state index in [0.29, 0.717) is 5.56 Å². The highest BCUT2D eigenvalue weighted by atomic mass is 16.4. The van der Waals surface area contributed by atoms with Crippen LogP contribution in [0.25, 0.3) is 0 Å². The molecule has 10 nitrogen and oxygen atoms in total. The molecule has 1 rings (SSSR count). The normalized spacial score (nSPS) is 13.9. The minimum Gasteiger partial charge on any atom is -0.508 e. The third-order valence-electron chi connectivity index (χ3n) is 4.34. The van der Waals surface area contributed by atoms with E-state index in [9.17, 15) is 29.4 Å². The highest BCUT2D eigenvalue weighted by Gasteiger charge is 2.28. The molecule has 30 heavy (non-hydrogen) atoms. The minimum absolute atomic E-state index is 0.0148. The van der Waals surface area contributed by atoms with Gasteiger partial charge in [-0.1, -0.05) is 26.0 Å². The summed E-state index contributed by atoms with van der Waals surface area (Å²) in [4.78, 5) is 47.2. The van der Waals surface area contributed by atoms with Crippen LogP contribution >= 0.6 is 0 Å². The summed E-state index contributed by atoms with van der Waals surface area (Å²) in [7, 11) is 0. The van der Waals surface area contributed by atoms with Gasteiger partial charge in [-0.15, -0.1) is 0 Å². The first-order valence-electron chi connectivity index (χ1n) is 9.58. The first-order chi connectivity index (χ1) is 14.0. The lowest BCUT2D eigenvalue weighted by atomic mass is 10.0. The van der Waals surface area contributed by atoms with Gasteiger partial charge in [-0.25, -0.2) is 4.79 Å². The van der Waals surface area contributed by atoms with Crippen LogP contribution in [0.5, 0.6) is 5.75 Å². The predicted molar refractivity (Wildman–Crippen MR) is 108 cm³/mol. The van der Waals surface area contributed by atoms with Crippen molar-refractivity contribution in [2.24, 2.45) is 11.7 Å². The van der Waals surface area contributed by atoms with Crippen molar-refractivity contribution in [2.45, 2.75) is 57.7 Å². The van der Waals surface area contributed by atoms with Crippen molar-refractivity contribution in [3.8, 4) is 5.75 Å². The second kappa shape index (κ2) is 11.8. The molecule has 10 heteroatoms. The van der Waals surface area contributed by atoms with Gasteiger partial charge in [-0.3, -0.25) is 14.4 Å². The number of carbonyl (C=O) groups is 4. The average molecular weight is 423 g/mol. The molecule has 0 bridgehead atoms. The van der Waals surface area contributed by atoms with Crippen molar-refractivity contribution in [3.05, 3.63) is 29.8 Å². The van der Waals surface area contributed by atoms with Gasteiger partial charge < -0.3 is 31.7 Å². The number of carboxylic acids is 2. The summed E-state index contributed by atoms with van der Waals surface area (Å²) >= 11 is 0. The van der Waals surface area contributed by atoms with E-state index in [1.54, 1.807) is 12.1 Å². The van der Waals surface area contributed by atoms with Crippen molar-refractivity contribution in [1.29, 1.82) is 0 Å². The fourth-order valence-electron chi connectivity index (χ4n) is 2.73. The Hall–Kier alpha value is -3.14. The maximum absolute atomic E-state index is 12.8. The largest absolute Gasteiger partial charge is 0.508 e. The van der Waals surface area contributed by atoms with Crippen molar-refractivity contribution < 1.29 is 34.5 Å². The third kappa shape index (κ3) is 8.91. The fourth-order valence-corrected chi connectivity index (χ4v) is 2.73. The molecule has 0 aliphatic rings. The summed E-state index contributed by atoms with van der Waals surface area (Å²) in [6, 6.07) is 2.57. The Balaban J connectivity index is 2.96. The molecule has 7 N–H and O–H groups in total. The van der Waals surface area contributed by atoms with Crippen LogP contribution in [0, 0.1) is 5.92 Å². The number of aromatic hydroxyl groups is 1. The van der Waals surface area contributed by atoms with Crippen LogP contribution in [-0.4, -0.2) is 57.2 Å². The van der Waals surface area contributed by atoms with Crippen LogP contribution in [0.2, 0.25) is 0 Å². The number of amides is 2. The number of nitrogens with two attached hydrogens (primary N) is 1. The van der Waals surface area contributed by atoms with Crippen LogP contribution in [0.3, 0.4) is 0 Å². The molecule has 0 aliphatic carbocycles. The molecule has 0 unspecified atom stereocenters. The van der Waals surface area contributed by atoms with Gasteiger partial charge in [-0.05, 0) is 36.5 Å². The quantitative estimate of drug-likeness (QED) is 0.276. The summed E-state index contributed by atoms with van der Waals surface area (Å²) in [5.41, 5.74) is 6.32. The van der Waals surface area contributed by atoms with Gasteiger partial charge in [0.25, 0.3) is 0 Å². The van der Waals surface area contributed by atoms with Gasteiger partial charge in [0, 0.05) is 12.8 Å². The Morgan fingerprint density at radius 1 is 0.967 bits per heavy atom. The number of rotatable bonds is 12. The number of carbonyl (C=O) groups excluding carboxylic acids is 2. The van der Waals surface area contributed by atoms with Crippen molar-refractivity contribution in [2.75, 3.05) is 0 Å². The van der Waals surface area contributed by atoms with E-state index < -0.39 is 41.9 Å². The number of benzene rings is 1. The van der Waals surface area contributed by atoms with Crippen molar-refractivity contribution >= 4 is 23.8 Å². The topological polar surface area (TPSA) is 179 Å². The molecule has 0 saturated heterocycles. The number of hydrogen-bond donors (Lipinski definition) is 6. The molecular formula is C20H29N3O7. The Labute approximate surface area is 174 Å². The smallest absolute Gasteiger partial charge is 0.326 e. The van der Waals surface area contributed by atoms with Gasteiger partial charge in [0.2, 0.25) is 11.8 Å². The van der Waals surface area contributed by atoms with Crippen LogP contribution in [0.4, 0.5) is 0 Å². The van der Waals surface area contributed by atoms with E-state index >= 15 is 0 Å². The highest BCUT2D eigenvalue weighted by Crippen LogP contribution is 2.12. The van der Waals surface area contributed by atoms with E-state index in [-0.39, 0.29) is 37.4 Å². The standard InChI is InChI=1S/C20H29N3O7/c1-11(2)9-16(20(29)30)23-19(28)15(10-12-3-5-13(24)6-4-12)22-18(27)14(21)7-8-17(25)26/h3-6,11,14-16,24H,7-10,21H2,1-2H3,(H,22,27)(H,23,28)(H,25,26)(H,29,30)/t14-,15-,16-/m0/s1. The summed E-state index contributed by atoms with van der Waals surface area (Å²) < 4.78 is 0. The lowest BCUT2D eigenvalue weighted by molar-refractivity contribution is -0.142. The molecule has 0 radical (unpaired) electrons. The van der Waals surface area contributed by atoms with Crippen molar-refractivity contribution in [1.82, 2.24) is 10.6 Å². The molecule has 0 fully saturated rings. The van der Waals surface area contributed by atoms with Crippen LogP contribution in [0.1, 0.15) is 38.7 Å². The zero-order valence-electron chi connectivity index (χ0n) is 17.0. The Morgan fingerprint density at radius 2 is 1.53 bits per heavy atom. The zero-order valence-corrected chi connectivity index (χ0v) is 17.0. The number of nitrogens with one attached hydrogen (secondary N) is 2. The lowest BCUT2D eigenvalue weighted by Gasteiger charge is -2.23. The Kier molecular flexibility index (Phi) is 9.76. The predicted octanol–water partition coefficient (Wildman–Crippen LogP) is 0.227. The van der Waals surface area contributed by atoms with Gasteiger partial charge in [0.15, 0.2) is 0 Å². The molecule has 0 spiro atoms. The number of phenols is 1. The Bertz CT molecular complexity index is 749. The molecule has 1 aromatic rings. The van der Waals surface area contributed by atoms with Crippen LogP contribution in [-0.2, 0) is 25.6 Å². The molecule has 0 heterocycles. The number of phenolic OH excluding ortho intramolecular Hbond substituents is 1. The fraction of sp³-hybridized carbons (Fsp3) is 0.500. The van der Waals surface area contributed by atoms with E-state index in [2.05, 4.69) is 10.6 Å². The zero-order chi connectivity index (χ0) is 22.8. The molecule has 0 saturated carbocycles. The maximum Gasteiger partial charge on any atom is 0.326 e. The second-order valence-electron chi connectivity index (χ2n) is 7.50. The van der Waals surface area contributed by atoms with E-state index in [1.807, 2.05) is 13.8 Å². The molecule has 1 aromatic carbocycles. The second-order valence-corrected chi connectivity index (χ2v) is 7.50. The van der Waals surface area contributed by atoms with Gasteiger partial charge in [0.1, 0.15) is 17.8 Å². The summed E-state index contributed by atoms with van der Waals surface area (Å²) in [5, 5.41) is 32.4. The lowest BCUT2D eigenvalue weighted by Crippen LogP contribution is -2.55. The highest BCUT2D eigenvalue weighted by molar-refractivity contribution is 5.92. The molecule has 3 atom stereocenters. The van der Waals surface area contributed by atoms with E-state index in [0.717, 1.165) is 0 Å². The molecular weight excluding hydrogens is 394 g/mol. The molecule has 0 aromatic heterocycles. The molecule has 2 amide bonds. The molecule has 166 valence electrons. The third-order valence-corrected chi connectivity index (χ3v) is 4.34. The van der Waals surface area contributed by atoms with Crippen molar-refractivity contribution in [3.63, 3.8) is 0 Å². The SMILES string of the molecule is CC(C)C[C@H](NC(=O)[C@H](Cc1ccc(O)cc1)NC(=O)[C@@H](N)CCC(=O)O)C(=O)O. The van der Waals surface area contributed by atoms with Crippen LogP contribution in [0.15, 0.2) is 24.3 Å². The van der Waals surface area contributed by atoms with E-state index in [1.165, 1.54) is 12.1 Å². The minimum atomic E-state index is -1.19. The first kappa shape index (κ1) is 24.9. The monoisotopic (exact) mass is 423 g/mol. The summed E-state index contributed by atoms with van der Waals surface area (Å²) in [5.74, 6) is -3.66. The van der Waals surface area contributed by atoms with Gasteiger partial charge >= 0.3 is 11.9 Å². The Morgan fingerprint density at radius 3 is 2.03 bits per heavy atom. The maximum atomic E-state index is 12.8. The average Bonchev–Trinajstić information content (AvgIpc) is 2.65.